The predicted octanol–water partition coefficient (Wildman–Crippen LogP) is 2.93. The smallest absolute Gasteiger partial charge is 0.225 e. The lowest BCUT2D eigenvalue weighted by atomic mass is 9.88. The quantitative estimate of drug-likeness (QED) is 0.316. The van der Waals surface area contributed by atoms with Gasteiger partial charge in [0, 0.05) is 44.7 Å². The van der Waals surface area contributed by atoms with Crippen molar-refractivity contribution in [3.05, 3.63) is 0 Å². The highest BCUT2D eigenvalue weighted by atomic mass is 127. The first kappa shape index (κ1) is 25.5. The Bertz CT molecular complexity index is 503. The van der Waals surface area contributed by atoms with Crippen molar-refractivity contribution in [2.24, 2.45) is 16.3 Å². The number of nitrogens with zero attached hydrogens (tertiary/aromatic N) is 3. The second-order valence-electron chi connectivity index (χ2n) is 9.35. The molecule has 2 N–H and O–H groups in total. The minimum absolute atomic E-state index is 0. The SMILES string of the molecule is CCNC(=NCC(C)(C)CN(C)C)NC1CCN(C(=O)C2CCCCC2)C1.I. The Balaban J connectivity index is 0.00000392. The van der Waals surface area contributed by atoms with Gasteiger partial charge in [0.05, 0.1) is 0 Å². The summed E-state index contributed by atoms with van der Waals surface area (Å²) in [5.41, 5.74) is 0.129. The van der Waals surface area contributed by atoms with Crippen molar-refractivity contribution in [1.29, 1.82) is 0 Å². The fraction of sp³-hybridized carbons (Fsp3) is 0.905. The van der Waals surface area contributed by atoms with E-state index in [1.165, 1.54) is 19.3 Å². The number of aliphatic imine (C=N–C) groups is 1. The van der Waals surface area contributed by atoms with Gasteiger partial charge >= 0.3 is 0 Å². The molecule has 28 heavy (non-hydrogen) atoms. The number of carbonyl (C=O) groups excluding carboxylic acids is 1. The lowest BCUT2D eigenvalue weighted by Gasteiger charge is -2.27. The molecule has 7 heteroatoms. The Morgan fingerprint density at radius 1 is 1.18 bits per heavy atom. The van der Waals surface area contributed by atoms with Crippen LogP contribution >= 0.6 is 24.0 Å². The van der Waals surface area contributed by atoms with Crippen LogP contribution in [-0.2, 0) is 4.79 Å². The van der Waals surface area contributed by atoms with Crippen molar-refractivity contribution < 1.29 is 4.79 Å². The Labute approximate surface area is 189 Å². The number of hydrogen-bond acceptors (Lipinski definition) is 3. The number of hydrogen-bond donors (Lipinski definition) is 2. The first-order valence-electron chi connectivity index (χ1n) is 10.8. The molecule has 1 amide bonds. The average Bonchev–Trinajstić information content (AvgIpc) is 3.07. The van der Waals surface area contributed by atoms with E-state index in [-0.39, 0.29) is 35.3 Å². The van der Waals surface area contributed by atoms with E-state index in [2.05, 4.69) is 55.3 Å². The summed E-state index contributed by atoms with van der Waals surface area (Å²) in [5.74, 6) is 1.53. The summed E-state index contributed by atoms with van der Waals surface area (Å²) in [5, 5.41) is 6.93. The molecular weight excluding hydrogens is 465 g/mol. The molecule has 2 rings (SSSR count). The van der Waals surface area contributed by atoms with Gasteiger partial charge in [-0.2, -0.15) is 0 Å². The molecule has 0 aromatic heterocycles. The van der Waals surface area contributed by atoms with Crippen LogP contribution in [0, 0.1) is 11.3 Å². The maximum atomic E-state index is 12.8. The molecule has 6 nitrogen and oxygen atoms in total. The summed E-state index contributed by atoms with van der Waals surface area (Å²) in [6, 6.07) is 0.298. The zero-order valence-electron chi connectivity index (χ0n) is 18.6. The summed E-state index contributed by atoms with van der Waals surface area (Å²) < 4.78 is 0. The molecule has 2 aliphatic rings. The minimum atomic E-state index is 0. The summed E-state index contributed by atoms with van der Waals surface area (Å²) in [6.07, 6.45) is 6.89. The van der Waals surface area contributed by atoms with Crippen LogP contribution < -0.4 is 10.6 Å². The third-order valence-corrected chi connectivity index (χ3v) is 5.55. The van der Waals surface area contributed by atoms with Gasteiger partial charge < -0.3 is 20.4 Å². The Morgan fingerprint density at radius 3 is 2.46 bits per heavy atom. The van der Waals surface area contributed by atoms with Crippen LogP contribution in [0.3, 0.4) is 0 Å². The lowest BCUT2D eigenvalue weighted by Crippen LogP contribution is -2.46. The second kappa shape index (κ2) is 12.2. The number of carbonyl (C=O) groups is 1. The minimum Gasteiger partial charge on any atom is -0.357 e. The van der Waals surface area contributed by atoms with Gasteiger partial charge in [0.1, 0.15) is 0 Å². The number of amides is 1. The van der Waals surface area contributed by atoms with Gasteiger partial charge in [0.2, 0.25) is 5.91 Å². The molecule has 0 bridgehead atoms. The van der Waals surface area contributed by atoms with Crippen LogP contribution in [0.25, 0.3) is 0 Å². The number of likely N-dealkylation sites (tertiary alicyclic amines) is 1. The monoisotopic (exact) mass is 507 g/mol. The Morgan fingerprint density at radius 2 is 1.86 bits per heavy atom. The summed E-state index contributed by atoms with van der Waals surface area (Å²) in [6.45, 7) is 10.9. The van der Waals surface area contributed by atoms with E-state index in [0.29, 0.717) is 11.9 Å². The molecule has 1 atom stereocenters. The van der Waals surface area contributed by atoms with Gasteiger partial charge in [-0.25, -0.2) is 0 Å². The maximum Gasteiger partial charge on any atom is 0.225 e. The normalized spacial score (nSPS) is 21.6. The molecule has 0 radical (unpaired) electrons. The second-order valence-corrected chi connectivity index (χ2v) is 9.35. The zero-order valence-corrected chi connectivity index (χ0v) is 20.9. The molecule has 0 aromatic carbocycles. The molecule has 1 unspecified atom stereocenters. The van der Waals surface area contributed by atoms with Gasteiger partial charge in [-0.1, -0.05) is 33.1 Å². The number of halogens is 1. The van der Waals surface area contributed by atoms with Crippen molar-refractivity contribution in [1.82, 2.24) is 20.4 Å². The third-order valence-electron chi connectivity index (χ3n) is 5.55. The summed E-state index contributed by atoms with van der Waals surface area (Å²) in [4.78, 5) is 21.9. The lowest BCUT2D eigenvalue weighted by molar-refractivity contribution is -0.135. The molecular formula is C21H42IN5O. The highest BCUT2D eigenvalue weighted by molar-refractivity contribution is 14.0. The molecule has 1 saturated carbocycles. The summed E-state index contributed by atoms with van der Waals surface area (Å²) in [7, 11) is 4.21. The van der Waals surface area contributed by atoms with Crippen molar-refractivity contribution in [2.45, 2.75) is 65.3 Å². The largest absolute Gasteiger partial charge is 0.357 e. The molecule has 1 aliphatic heterocycles. The van der Waals surface area contributed by atoms with Crippen LogP contribution in [0.4, 0.5) is 0 Å². The predicted molar refractivity (Wildman–Crippen MR) is 128 cm³/mol. The van der Waals surface area contributed by atoms with E-state index in [9.17, 15) is 4.79 Å². The first-order valence-corrected chi connectivity index (χ1v) is 10.8. The fourth-order valence-corrected chi connectivity index (χ4v) is 4.40. The Kier molecular flexibility index (Phi) is 11.1. The van der Waals surface area contributed by atoms with Gasteiger partial charge in [0.15, 0.2) is 5.96 Å². The van der Waals surface area contributed by atoms with Crippen molar-refractivity contribution in [2.75, 3.05) is 46.8 Å². The third kappa shape index (κ3) is 8.43. The fourth-order valence-electron chi connectivity index (χ4n) is 4.40. The zero-order chi connectivity index (χ0) is 19.9. The van der Waals surface area contributed by atoms with E-state index < -0.39 is 0 Å². The molecule has 1 aliphatic carbocycles. The van der Waals surface area contributed by atoms with Gasteiger partial charge in [-0.15, -0.1) is 24.0 Å². The van der Waals surface area contributed by atoms with Crippen LogP contribution in [0.2, 0.25) is 0 Å². The standard InChI is InChI=1S/C21H41N5O.HI/c1-6-22-20(23-15-21(2,3)16-25(4)5)24-18-12-13-26(14-18)19(27)17-10-8-7-9-11-17;/h17-18H,6-16H2,1-5H3,(H2,22,23,24);1H. The van der Waals surface area contributed by atoms with Crippen LogP contribution in [0.1, 0.15) is 59.3 Å². The molecule has 1 saturated heterocycles. The van der Waals surface area contributed by atoms with Crippen LogP contribution in [-0.4, -0.2) is 74.5 Å². The van der Waals surface area contributed by atoms with Crippen molar-refractivity contribution in [3.63, 3.8) is 0 Å². The number of guanidine groups is 1. The summed E-state index contributed by atoms with van der Waals surface area (Å²) >= 11 is 0. The van der Waals surface area contributed by atoms with Crippen LogP contribution in [0.15, 0.2) is 4.99 Å². The average molecular weight is 508 g/mol. The topological polar surface area (TPSA) is 60.0 Å². The van der Waals surface area contributed by atoms with E-state index in [0.717, 1.165) is 57.9 Å². The molecule has 164 valence electrons. The van der Waals surface area contributed by atoms with E-state index in [1.807, 2.05) is 0 Å². The highest BCUT2D eigenvalue weighted by Crippen LogP contribution is 2.26. The first-order chi connectivity index (χ1) is 12.8. The maximum absolute atomic E-state index is 12.8. The molecule has 0 spiro atoms. The van der Waals surface area contributed by atoms with Gasteiger partial charge in [-0.05, 0) is 45.7 Å². The van der Waals surface area contributed by atoms with Gasteiger partial charge in [-0.3, -0.25) is 9.79 Å². The highest BCUT2D eigenvalue weighted by Gasteiger charge is 2.31. The van der Waals surface area contributed by atoms with Gasteiger partial charge in [0.25, 0.3) is 0 Å². The van der Waals surface area contributed by atoms with E-state index in [4.69, 9.17) is 4.99 Å². The van der Waals surface area contributed by atoms with Crippen molar-refractivity contribution in [3.8, 4) is 0 Å². The molecule has 2 fully saturated rings. The Hall–Kier alpha value is -0.570. The molecule has 0 aromatic rings. The molecule has 1 heterocycles. The van der Waals surface area contributed by atoms with Crippen LogP contribution in [0.5, 0.6) is 0 Å². The number of rotatable bonds is 7. The van der Waals surface area contributed by atoms with Crippen molar-refractivity contribution >= 4 is 35.8 Å². The number of nitrogens with one attached hydrogen (secondary N) is 2. The van der Waals surface area contributed by atoms with E-state index >= 15 is 0 Å². The van der Waals surface area contributed by atoms with E-state index in [1.54, 1.807) is 0 Å².